The van der Waals surface area contributed by atoms with E-state index in [1.54, 1.807) is 13.1 Å². The number of amides is 1. The molecule has 0 radical (unpaired) electrons. The zero-order chi connectivity index (χ0) is 14.4. The molecule has 20 heavy (non-hydrogen) atoms. The highest BCUT2D eigenvalue weighted by molar-refractivity contribution is 6.33. The van der Waals surface area contributed by atoms with E-state index in [2.05, 4.69) is 15.6 Å². The molecular formula is C15H22ClN3O. The van der Waals surface area contributed by atoms with Gasteiger partial charge in [0.05, 0.1) is 10.6 Å². The third-order valence-corrected chi connectivity index (χ3v) is 4.21. The van der Waals surface area contributed by atoms with Crippen molar-refractivity contribution in [1.82, 2.24) is 10.3 Å². The molecule has 0 saturated heterocycles. The van der Waals surface area contributed by atoms with Crippen molar-refractivity contribution in [3.8, 4) is 0 Å². The molecule has 0 spiro atoms. The van der Waals surface area contributed by atoms with Crippen molar-refractivity contribution in [3.05, 3.63) is 22.8 Å². The Balaban J connectivity index is 1.79. The molecule has 1 aliphatic rings. The number of halogens is 1. The number of anilines is 1. The lowest BCUT2D eigenvalue weighted by Crippen LogP contribution is -2.25. The number of aromatic nitrogens is 1. The normalized spacial score (nSPS) is 15.3. The first kappa shape index (κ1) is 15.1. The first-order valence-corrected chi connectivity index (χ1v) is 7.70. The van der Waals surface area contributed by atoms with Crippen LogP contribution in [0.5, 0.6) is 0 Å². The summed E-state index contributed by atoms with van der Waals surface area (Å²) in [6, 6.07) is 1.68. The second kappa shape index (κ2) is 7.48. The van der Waals surface area contributed by atoms with E-state index in [1.807, 2.05) is 0 Å². The number of nitrogens with one attached hydrogen (secondary N) is 2. The van der Waals surface area contributed by atoms with Crippen LogP contribution in [0.15, 0.2) is 12.3 Å². The molecule has 1 heterocycles. The lowest BCUT2D eigenvalue weighted by Gasteiger charge is -2.10. The summed E-state index contributed by atoms with van der Waals surface area (Å²) in [7, 11) is 1.76. The van der Waals surface area contributed by atoms with Gasteiger partial charge in [0.2, 0.25) is 0 Å². The Morgan fingerprint density at radius 1 is 1.45 bits per heavy atom. The Morgan fingerprint density at radius 2 is 2.20 bits per heavy atom. The minimum absolute atomic E-state index is 0.125. The fourth-order valence-corrected chi connectivity index (χ4v) is 2.93. The topological polar surface area (TPSA) is 54.0 Å². The van der Waals surface area contributed by atoms with Crippen LogP contribution in [0.4, 0.5) is 5.82 Å². The number of pyridine rings is 1. The predicted octanol–water partition coefficient (Wildman–Crippen LogP) is 3.48. The number of nitrogens with zero attached hydrogens (tertiary/aromatic N) is 1. The first-order chi connectivity index (χ1) is 9.70. The molecule has 1 amide bonds. The average molecular weight is 296 g/mol. The summed E-state index contributed by atoms with van der Waals surface area (Å²) in [6.45, 7) is 0.711. The molecule has 0 atom stereocenters. The monoisotopic (exact) mass is 295 g/mol. The summed E-state index contributed by atoms with van der Waals surface area (Å²) in [5.74, 6) is 1.39. The maximum Gasteiger partial charge on any atom is 0.252 e. The second-order valence-electron chi connectivity index (χ2n) is 5.35. The summed E-state index contributed by atoms with van der Waals surface area (Å²) in [5, 5.41) is 6.23. The van der Waals surface area contributed by atoms with Crippen molar-refractivity contribution in [2.75, 3.05) is 18.9 Å². The van der Waals surface area contributed by atoms with Gasteiger partial charge in [0, 0.05) is 19.8 Å². The van der Waals surface area contributed by atoms with E-state index in [-0.39, 0.29) is 5.91 Å². The van der Waals surface area contributed by atoms with E-state index >= 15 is 0 Å². The minimum atomic E-state index is -0.125. The maximum atomic E-state index is 12.1. The second-order valence-corrected chi connectivity index (χ2v) is 5.76. The van der Waals surface area contributed by atoms with E-state index < -0.39 is 0 Å². The summed E-state index contributed by atoms with van der Waals surface area (Å²) in [5.41, 5.74) is 0.479. The summed E-state index contributed by atoms with van der Waals surface area (Å²) in [4.78, 5) is 16.1. The Bertz CT molecular complexity index is 458. The van der Waals surface area contributed by atoms with E-state index in [0.29, 0.717) is 22.9 Å². The van der Waals surface area contributed by atoms with Gasteiger partial charge < -0.3 is 10.6 Å². The molecule has 0 aliphatic heterocycles. The van der Waals surface area contributed by atoms with Crippen molar-refractivity contribution in [1.29, 1.82) is 0 Å². The van der Waals surface area contributed by atoms with Crippen LogP contribution in [0.1, 0.15) is 48.9 Å². The number of hydrogen-bond acceptors (Lipinski definition) is 3. The first-order valence-electron chi connectivity index (χ1n) is 7.32. The van der Waals surface area contributed by atoms with Gasteiger partial charge in [0.25, 0.3) is 5.91 Å². The zero-order valence-corrected chi connectivity index (χ0v) is 12.7. The van der Waals surface area contributed by atoms with Gasteiger partial charge in [0.15, 0.2) is 0 Å². The van der Waals surface area contributed by atoms with Crippen LogP contribution in [-0.2, 0) is 0 Å². The molecule has 2 N–H and O–H groups in total. The van der Waals surface area contributed by atoms with Gasteiger partial charge in [0.1, 0.15) is 5.82 Å². The van der Waals surface area contributed by atoms with Crippen LogP contribution in [-0.4, -0.2) is 24.5 Å². The molecule has 0 bridgehead atoms. The number of carbonyl (C=O) groups excluding carboxylic acids is 1. The van der Waals surface area contributed by atoms with Gasteiger partial charge in [-0.3, -0.25) is 4.79 Å². The predicted molar refractivity (Wildman–Crippen MR) is 82.3 cm³/mol. The van der Waals surface area contributed by atoms with Gasteiger partial charge in [-0.1, -0.05) is 37.3 Å². The Morgan fingerprint density at radius 3 is 2.90 bits per heavy atom. The summed E-state index contributed by atoms with van der Waals surface area (Å²) in [6.07, 6.45) is 9.21. The third kappa shape index (κ3) is 4.10. The summed E-state index contributed by atoms with van der Waals surface area (Å²) >= 11 is 6.01. The molecule has 1 aliphatic carbocycles. The van der Waals surface area contributed by atoms with Crippen LogP contribution in [0.2, 0.25) is 5.02 Å². The zero-order valence-electron chi connectivity index (χ0n) is 11.9. The Hall–Kier alpha value is -1.29. The average Bonchev–Trinajstić information content (AvgIpc) is 2.97. The van der Waals surface area contributed by atoms with Gasteiger partial charge in [-0.05, 0) is 24.8 Å². The number of hydrogen-bond donors (Lipinski definition) is 2. The Labute approximate surface area is 125 Å². The third-order valence-electron chi connectivity index (χ3n) is 3.91. The standard InChI is InChI=1S/C15H22ClN3O/c1-17-14-9-12(13(16)10-19-14)15(20)18-8-4-7-11-5-2-3-6-11/h9-11H,2-8H2,1H3,(H,17,19)(H,18,20). The van der Waals surface area contributed by atoms with Crippen LogP contribution in [0, 0.1) is 5.92 Å². The smallest absolute Gasteiger partial charge is 0.252 e. The molecular weight excluding hydrogens is 274 g/mol. The maximum absolute atomic E-state index is 12.1. The minimum Gasteiger partial charge on any atom is -0.373 e. The van der Waals surface area contributed by atoms with Gasteiger partial charge in [-0.15, -0.1) is 0 Å². The molecule has 1 saturated carbocycles. The van der Waals surface area contributed by atoms with Crippen LogP contribution >= 0.6 is 11.6 Å². The quantitative estimate of drug-likeness (QED) is 0.790. The van der Waals surface area contributed by atoms with Crippen molar-refractivity contribution in [2.24, 2.45) is 5.92 Å². The molecule has 1 aromatic rings. The van der Waals surface area contributed by atoms with E-state index in [1.165, 1.54) is 38.3 Å². The van der Waals surface area contributed by atoms with Crippen LogP contribution < -0.4 is 10.6 Å². The molecule has 4 nitrogen and oxygen atoms in total. The van der Waals surface area contributed by atoms with Gasteiger partial charge in [-0.25, -0.2) is 4.98 Å². The molecule has 110 valence electrons. The largest absolute Gasteiger partial charge is 0.373 e. The van der Waals surface area contributed by atoms with E-state index in [9.17, 15) is 4.79 Å². The highest BCUT2D eigenvalue weighted by Crippen LogP contribution is 2.28. The highest BCUT2D eigenvalue weighted by Gasteiger charge is 2.15. The van der Waals surface area contributed by atoms with Crippen LogP contribution in [0.3, 0.4) is 0 Å². The fourth-order valence-electron chi connectivity index (χ4n) is 2.74. The fraction of sp³-hybridized carbons (Fsp3) is 0.600. The SMILES string of the molecule is CNc1cc(C(=O)NCCCC2CCCC2)c(Cl)cn1. The highest BCUT2D eigenvalue weighted by atomic mass is 35.5. The van der Waals surface area contributed by atoms with Crippen molar-refractivity contribution in [2.45, 2.75) is 38.5 Å². The van der Waals surface area contributed by atoms with E-state index in [0.717, 1.165) is 12.3 Å². The van der Waals surface area contributed by atoms with Crippen molar-refractivity contribution in [3.63, 3.8) is 0 Å². The van der Waals surface area contributed by atoms with Crippen LogP contribution in [0.25, 0.3) is 0 Å². The van der Waals surface area contributed by atoms with Gasteiger partial charge >= 0.3 is 0 Å². The molecule has 1 aromatic heterocycles. The molecule has 0 unspecified atom stereocenters. The number of carbonyl (C=O) groups is 1. The number of rotatable bonds is 6. The van der Waals surface area contributed by atoms with E-state index in [4.69, 9.17) is 11.6 Å². The molecule has 5 heteroatoms. The lowest BCUT2D eigenvalue weighted by molar-refractivity contribution is 0.0952. The van der Waals surface area contributed by atoms with Crippen molar-refractivity contribution < 1.29 is 4.79 Å². The lowest BCUT2D eigenvalue weighted by atomic mass is 10.0. The molecule has 2 rings (SSSR count). The summed E-state index contributed by atoms with van der Waals surface area (Å²) < 4.78 is 0. The molecule has 1 fully saturated rings. The van der Waals surface area contributed by atoms with Gasteiger partial charge in [-0.2, -0.15) is 0 Å². The Kier molecular flexibility index (Phi) is 5.65. The molecule has 0 aromatic carbocycles. The van der Waals surface area contributed by atoms with Crippen molar-refractivity contribution >= 4 is 23.3 Å².